The highest BCUT2D eigenvalue weighted by atomic mass is 35.5. The Hall–Kier alpha value is -1.46. The Labute approximate surface area is 128 Å². The van der Waals surface area contributed by atoms with Crippen LogP contribution in [0.25, 0.3) is 0 Å². The normalized spacial score (nSPS) is 11.5. The topological polar surface area (TPSA) is 12.0 Å². The lowest BCUT2D eigenvalue weighted by atomic mass is 10.1. The van der Waals surface area contributed by atoms with Gasteiger partial charge < -0.3 is 5.32 Å². The summed E-state index contributed by atoms with van der Waals surface area (Å²) in [4.78, 5) is 0. The molecular weight excluding hydrogens is 329 g/mol. The number of rotatable bonds is 3. The van der Waals surface area contributed by atoms with Crippen molar-refractivity contribution in [3.63, 3.8) is 0 Å². The van der Waals surface area contributed by atoms with E-state index in [0.717, 1.165) is 12.1 Å². The van der Waals surface area contributed by atoms with Crippen molar-refractivity contribution in [3.8, 4) is 0 Å². The average molecular weight is 338 g/mol. The zero-order valence-corrected chi connectivity index (χ0v) is 12.0. The van der Waals surface area contributed by atoms with Crippen molar-refractivity contribution in [2.24, 2.45) is 0 Å². The molecule has 1 N–H and O–H groups in total. The van der Waals surface area contributed by atoms with Crippen molar-refractivity contribution in [2.45, 2.75) is 12.7 Å². The van der Waals surface area contributed by atoms with E-state index < -0.39 is 17.6 Å². The number of halogens is 6. The number of anilines is 1. The number of hydrogen-bond donors (Lipinski definition) is 1. The quantitative estimate of drug-likeness (QED) is 0.701. The molecule has 0 heterocycles. The van der Waals surface area contributed by atoms with E-state index in [-0.39, 0.29) is 22.3 Å². The van der Waals surface area contributed by atoms with Crippen LogP contribution < -0.4 is 5.32 Å². The van der Waals surface area contributed by atoms with Crippen molar-refractivity contribution in [1.29, 1.82) is 0 Å². The first-order valence-corrected chi connectivity index (χ1v) is 6.57. The molecular formula is C14H9Cl2F4N. The van der Waals surface area contributed by atoms with E-state index in [1.165, 1.54) is 18.2 Å². The molecule has 0 unspecified atom stereocenters. The first-order chi connectivity index (χ1) is 9.77. The standard InChI is InChI=1S/C14H9Cl2F4N/c15-11-4-2-9(6-10(11)14(18,19)20)21-7-8-1-3-12(16)13(17)5-8/h1-6,21H,7H2. The molecule has 2 aromatic rings. The smallest absolute Gasteiger partial charge is 0.381 e. The molecule has 0 spiro atoms. The largest absolute Gasteiger partial charge is 0.417 e. The van der Waals surface area contributed by atoms with Gasteiger partial charge in [-0.3, -0.25) is 0 Å². The molecule has 0 aromatic heterocycles. The Morgan fingerprint density at radius 3 is 2.24 bits per heavy atom. The van der Waals surface area contributed by atoms with Gasteiger partial charge in [-0.1, -0.05) is 29.3 Å². The summed E-state index contributed by atoms with van der Waals surface area (Å²) in [6.45, 7) is 0.160. The lowest BCUT2D eigenvalue weighted by Crippen LogP contribution is -2.07. The molecule has 0 amide bonds. The van der Waals surface area contributed by atoms with Crippen LogP contribution in [0.15, 0.2) is 36.4 Å². The van der Waals surface area contributed by atoms with Crippen molar-refractivity contribution < 1.29 is 17.6 Å². The van der Waals surface area contributed by atoms with Gasteiger partial charge in [0.05, 0.1) is 15.6 Å². The van der Waals surface area contributed by atoms with Crippen LogP contribution in [0, 0.1) is 5.82 Å². The maximum Gasteiger partial charge on any atom is 0.417 e. The van der Waals surface area contributed by atoms with E-state index in [9.17, 15) is 17.6 Å². The van der Waals surface area contributed by atoms with Gasteiger partial charge in [0.1, 0.15) is 5.82 Å². The third kappa shape index (κ3) is 4.02. The van der Waals surface area contributed by atoms with Crippen molar-refractivity contribution >= 4 is 28.9 Å². The number of hydrogen-bond acceptors (Lipinski definition) is 1. The van der Waals surface area contributed by atoms with Gasteiger partial charge in [0.25, 0.3) is 0 Å². The number of nitrogens with one attached hydrogen (secondary N) is 1. The molecule has 112 valence electrons. The first kappa shape index (κ1) is 15.9. The van der Waals surface area contributed by atoms with Gasteiger partial charge in [0.15, 0.2) is 0 Å². The van der Waals surface area contributed by atoms with Crippen LogP contribution in [0.5, 0.6) is 0 Å². The number of benzene rings is 2. The van der Waals surface area contributed by atoms with Crippen molar-refractivity contribution in [2.75, 3.05) is 5.32 Å². The fourth-order valence-corrected chi connectivity index (χ4v) is 2.05. The third-order valence-corrected chi connectivity index (χ3v) is 3.39. The second kappa shape index (κ2) is 6.12. The molecule has 0 saturated heterocycles. The van der Waals surface area contributed by atoms with Crippen LogP contribution >= 0.6 is 23.2 Å². The van der Waals surface area contributed by atoms with Gasteiger partial charge in [-0.05, 0) is 35.9 Å². The summed E-state index contributed by atoms with van der Waals surface area (Å²) in [6.07, 6.45) is -4.53. The van der Waals surface area contributed by atoms with Crippen LogP contribution in [0.1, 0.15) is 11.1 Å². The summed E-state index contributed by atoms with van der Waals surface area (Å²) >= 11 is 11.1. The molecule has 0 fully saturated rings. The Morgan fingerprint density at radius 1 is 0.952 bits per heavy atom. The second-order valence-electron chi connectivity index (χ2n) is 4.29. The zero-order chi connectivity index (χ0) is 15.6. The van der Waals surface area contributed by atoms with E-state index in [4.69, 9.17) is 23.2 Å². The van der Waals surface area contributed by atoms with Crippen LogP contribution in [0.3, 0.4) is 0 Å². The summed E-state index contributed by atoms with van der Waals surface area (Å²) in [5.74, 6) is -0.581. The lowest BCUT2D eigenvalue weighted by Gasteiger charge is -2.12. The Balaban J connectivity index is 2.15. The summed E-state index contributed by atoms with van der Waals surface area (Å²) in [5.41, 5.74) is -0.126. The minimum Gasteiger partial charge on any atom is -0.381 e. The van der Waals surface area contributed by atoms with Crippen LogP contribution in [-0.2, 0) is 12.7 Å². The molecule has 0 aliphatic rings. The van der Waals surface area contributed by atoms with Gasteiger partial charge in [-0.25, -0.2) is 4.39 Å². The lowest BCUT2D eigenvalue weighted by molar-refractivity contribution is -0.137. The molecule has 0 aliphatic carbocycles. The van der Waals surface area contributed by atoms with Gasteiger partial charge >= 0.3 is 6.18 Å². The van der Waals surface area contributed by atoms with E-state index in [1.807, 2.05) is 0 Å². The van der Waals surface area contributed by atoms with E-state index in [1.54, 1.807) is 6.07 Å². The molecule has 2 aromatic carbocycles. The monoisotopic (exact) mass is 337 g/mol. The second-order valence-corrected chi connectivity index (χ2v) is 5.11. The molecule has 2 rings (SSSR count). The Bertz CT molecular complexity index is 656. The fourth-order valence-electron chi connectivity index (χ4n) is 1.71. The van der Waals surface area contributed by atoms with Gasteiger partial charge in [-0.15, -0.1) is 0 Å². The Kier molecular flexibility index (Phi) is 4.64. The maximum atomic E-state index is 13.3. The van der Waals surface area contributed by atoms with Crippen molar-refractivity contribution in [3.05, 3.63) is 63.4 Å². The van der Waals surface area contributed by atoms with Crippen LogP contribution in [0.2, 0.25) is 10.0 Å². The SMILES string of the molecule is Fc1cc(CNc2ccc(Cl)c(C(F)(F)F)c2)ccc1Cl. The molecule has 0 bridgehead atoms. The van der Waals surface area contributed by atoms with Crippen LogP contribution in [0.4, 0.5) is 23.2 Å². The minimum absolute atomic E-state index is 0.00963. The van der Waals surface area contributed by atoms with E-state index >= 15 is 0 Å². The van der Waals surface area contributed by atoms with Gasteiger partial charge in [0, 0.05) is 12.2 Å². The summed E-state index contributed by atoms with van der Waals surface area (Å²) in [5, 5.41) is 2.40. The van der Waals surface area contributed by atoms with Gasteiger partial charge in [-0.2, -0.15) is 13.2 Å². The van der Waals surface area contributed by atoms with Crippen LogP contribution in [-0.4, -0.2) is 0 Å². The number of alkyl halides is 3. The van der Waals surface area contributed by atoms with E-state index in [0.29, 0.717) is 5.56 Å². The average Bonchev–Trinajstić information content (AvgIpc) is 2.40. The molecule has 1 nitrogen and oxygen atoms in total. The molecule has 21 heavy (non-hydrogen) atoms. The fraction of sp³-hybridized carbons (Fsp3) is 0.143. The summed E-state index contributed by atoms with van der Waals surface area (Å²) in [6, 6.07) is 7.68. The molecule has 7 heteroatoms. The Morgan fingerprint density at radius 2 is 1.62 bits per heavy atom. The summed E-state index contributed by atoms with van der Waals surface area (Å²) in [7, 11) is 0. The maximum absolute atomic E-state index is 13.3. The highest BCUT2D eigenvalue weighted by Gasteiger charge is 2.33. The highest BCUT2D eigenvalue weighted by molar-refractivity contribution is 6.31. The minimum atomic E-state index is -4.53. The molecule has 0 saturated carbocycles. The molecule has 0 atom stereocenters. The first-order valence-electron chi connectivity index (χ1n) is 5.82. The predicted molar refractivity (Wildman–Crippen MR) is 75.2 cm³/mol. The molecule has 0 aliphatic heterocycles. The van der Waals surface area contributed by atoms with Gasteiger partial charge in [0.2, 0.25) is 0 Å². The zero-order valence-electron chi connectivity index (χ0n) is 10.4. The summed E-state index contributed by atoms with van der Waals surface area (Å²) < 4.78 is 51.4. The van der Waals surface area contributed by atoms with E-state index in [2.05, 4.69) is 5.32 Å². The predicted octanol–water partition coefficient (Wildman–Crippen LogP) is 5.76. The van der Waals surface area contributed by atoms with Crippen molar-refractivity contribution in [1.82, 2.24) is 0 Å². The molecule has 0 radical (unpaired) electrons. The third-order valence-electron chi connectivity index (χ3n) is 2.75. The highest BCUT2D eigenvalue weighted by Crippen LogP contribution is 2.36.